The van der Waals surface area contributed by atoms with Crippen LogP contribution >= 0.6 is 23.1 Å². The molecule has 3 aromatic rings. The summed E-state index contributed by atoms with van der Waals surface area (Å²) in [5.74, 6) is 1.01. The lowest BCUT2D eigenvalue weighted by molar-refractivity contribution is 0.437. The highest BCUT2D eigenvalue weighted by atomic mass is 32.2. The van der Waals surface area contributed by atoms with Crippen LogP contribution < -0.4 is 21.8 Å². The highest BCUT2D eigenvalue weighted by Crippen LogP contribution is 2.27. The number of hydrogen-bond donors (Lipinski definition) is 2. The Hall–Kier alpha value is -2.35. The Morgan fingerprint density at radius 1 is 0.935 bits per heavy atom. The van der Waals surface area contributed by atoms with Crippen molar-refractivity contribution in [3.63, 3.8) is 0 Å². The van der Waals surface area contributed by atoms with E-state index in [-0.39, 0.29) is 27.2 Å². The maximum Gasteiger partial charge on any atom is 0.272 e. The smallest absolute Gasteiger partial charge is 0.272 e. The summed E-state index contributed by atoms with van der Waals surface area (Å²) in [7, 11) is 4.11. The van der Waals surface area contributed by atoms with Crippen LogP contribution in [-0.2, 0) is 5.41 Å². The number of nitrogens with one attached hydrogen (secondary N) is 2. The van der Waals surface area contributed by atoms with Gasteiger partial charge in [0.15, 0.2) is 0 Å². The second-order valence-electron chi connectivity index (χ2n) is 8.70. The van der Waals surface area contributed by atoms with Crippen molar-refractivity contribution in [1.29, 1.82) is 0 Å². The van der Waals surface area contributed by atoms with Gasteiger partial charge >= 0.3 is 0 Å². The minimum atomic E-state index is -0.317. The Balaban J connectivity index is 1.85. The van der Waals surface area contributed by atoms with Crippen molar-refractivity contribution in [2.24, 2.45) is 0 Å². The van der Waals surface area contributed by atoms with Gasteiger partial charge in [0.25, 0.3) is 11.1 Å². The zero-order valence-electron chi connectivity index (χ0n) is 18.6. The third-order valence-corrected chi connectivity index (χ3v) is 6.98. The topological polar surface area (TPSA) is 69.0 Å². The summed E-state index contributed by atoms with van der Waals surface area (Å²) >= 11 is 3.40. The monoisotopic (exact) mass is 455 g/mol. The first-order valence-corrected chi connectivity index (χ1v) is 12.0. The van der Waals surface area contributed by atoms with Crippen molar-refractivity contribution in [3.8, 4) is 0 Å². The van der Waals surface area contributed by atoms with Gasteiger partial charge in [-0.25, -0.2) is 0 Å². The Morgan fingerprint density at radius 3 is 2.13 bits per heavy atom. The first-order chi connectivity index (χ1) is 14.6. The number of aromatic amines is 2. The molecule has 2 N–H and O–H groups in total. The first kappa shape index (κ1) is 23.3. The molecule has 5 nitrogen and oxygen atoms in total. The number of rotatable bonds is 6. The van der Waals surface area contributed by atoms with Crippen LogP contribution in [0, 0.1) is 0 Å². The van der Waals surface area contributed by atoms with E-state index in [2.05, 4.69) is 49.7 Å². The third-order valence-electron chi connectivity index (χ3n) is 4.74. The summed E-state index contributed by atoms with van der Waals surface area (Å²) in [5.41, 5.74) is 1.51. The zero-order valence-corrected chi connectivity index (χ0v) is 20.2. The van der Waals surface area contributed by atoms with E-state index in [1.54, 1.807) is 35.3 Å². The van der Waals surface area contributed by atoms with Crippen molar-refractivity contribution < 1.29 is 0 Å². The highest BCUT2D eigenvalue weighted by Gasteiger charge is 2.12. The Morgan fingerprint density at radius 2 is 1.55 bits per heavy atom. The van der Waals surface area contributed by atoms with Gasteiger partial charge in [0.1, 0.15) is 10.7 Å². The molecular weight excluding hydrogens is 426 g/mol. The standard InChI is InChI=1S/C24H29N3O2S2/c1-24(2,3)17-8-6-16(7-9-17)14-19-22(28)26-20(23(29)25-19)15-18-10-11-21(31-18)30-13-12-27(4)5/h6-11,14-15H,12-13H2,1-5H3,(H,25,29)(H,26,28). The molecular formula is C24H29N3O2S2. The molecule has 2 aromatic heterocycles. The van der Waals surface area contributed by atoms with Gasteiger partial charge in [0, 0.05) is 17.2 Å². The molecule has 7 heteroatoms. The number of hydrogen-bond acceptors (Lipinski definition) is 5. The highest BCUT2D eigenvalue weighted by molar-refractivity contribution is 8.01. The van der Waals surface area contributed by atoms with E-state index in [0.29, 0.717) is 0 Å². The second-order valence-corrected chi connectivity index (χ2v) is 11.2. The molecule has 0 saturated heterocycles. The third kappa shape index (κ3) is 6.56. The van der Waals surface area contributed by atoms with Crippen LogP contribution in [0.5, 0.6) is 0 Å². The van der Waals surface area contributed by atoms with E-state index >= 15 is 0 Å². The van der Waals surface area contributed by atoms with Gasteiger partial charge in [0.2, 0.25) is 0 Å². The fraction of sp³-hybridized carbons (Fsp3) is 0.333. The van der Waals surface area contributed by atoms with Gasteiger partial charge in [-0.05, 0) is 54.9 Å². The average molecular weight is 456 g/mol. The average Bonchev–Trinajstić information content (AvgIpc) is 3.12. The fourth-order valence-electron chi connectivity index (χ4n) is 2.90. The number of nitrogens with zero attached hydrogens (tertiary/aromatic N) is 1. The largest absolute Gasteiger partial charge is 0.316 e. The van der Waals surface area contributed by atoms with Crippen LogP contribution in [0.4, 0.5) is 0 Å². The summed E-state index contributed by atoms with van der Waals surface area (Å²) in [6, 6.07) is 12.0. The quantitative estimate of drug-likeness (QED) is 0.561. The van der Waals surface area contributed by atoms with Gasteiger partial charge in [-0.1, -0.05) is 45.0 Å². The number of benzene rings is 1. The summed E-state index contributed by atoms with van der Waals surface area (Å²) in [6.45, 7) is 7.47. The van der Waals surface area contributed by atoms with Crippen LogP contribution in [0.1, 0.15) is 36.8 Å². The van der Waals surface area contributed by atoms with E-state index in [4.69, 9.17) is 0 Å². The molecule has 0 bridgehead atoms. The molecule has 3 rings (SSSR count). The van der Waals surface area contributed by atoms with E-state index in [1.807, 2.05) is 36.4 Å². The van der Waals surface area contributed by atoms with Crippen LogP contribution in [0.2, 0.25) is 0 Å². The van der Waals surface area contributed by atoms with Crippen LogP contribution in [0.15, 0.2) is 50.2 Å². The minimum Gasteiger partial charge on any atom is -0.316 e. The van der Waals surface area contributed by atoms with Crippen LogP contribution in [-0.4, -0.2) is 41.3 Å². The summed E-state index contributed by atoms with van der Waals surface area (Å²) in [6.07, 6.45) is 3.42. The fourth-order valence-corrected chi connectivity index (χ4v) is 5.18. The summed E-state index contributed by atoms with van der Waals surface area (Å²) in [5, 5.41) is 0.508. The van der Waals surface area contributed by atoms with E-state index < -0.39 is 0 Å². The molecule has 0 saturated carbocycles. The van der Waals surface area contributed by atoms with Gasteiger partial charge in [-0.15, -0.1) is 23.1 Å². The molecule has 0 radical (unpaired) electrons. The van der Waals surface area contributed by atoms with Crippen LogP contribution in [0.25, 0.3) is 12.2 Å². The molecule has 0 aliphatic rings. The SMILES string of the molecule is CN(C)CCSc1ccc(C=c2[nH]c(=O)c(=Cc3ccc(C(C)(C)C)cc3)[nH]c2=O)s1. The predicted molar refractivity (Wildman–Crippen MR) is 133 cm³/mol. The van der Waals surface area contributed by atoms with Gasteiger partial charge in [0.05, 0.1) is 4.21 Å². The number of aromatic nitrogens is 2. The van der Waals surface area contributed by atoms with Crippen LogP contribution in [0.3, 0.4) is 0 Å². The van der Waals surface area contributed by atoms with Crippen molar-refractivity contribution in [1.82, 2.24) is 14.9 Å². The molecule has 0 amide bonds. The number of thiophene rings is 1. The molecule has 0 fully saturated rings. The number of thioether (sulfide) groups is 1. The Bertz CT molecular complexity index is 1260. The molecule has 0 atom stereocenters. The summed E-state index contributed by atoms with van der Waals surface area (Å²) in [4.78, 5) is 33.6. The molecule has 2 heterocycles. The molecule has 1 aromatic carbocycles. The van der Waals surface area contributed by atoms with Gasteiger partial charge in [-0.2, -0.15) is 0 Å². The molecule has 0 aliphatic heterocycles. The maximum atomic E-state index is 12.5. The van der Waals surface area contributed by atoms with Crippen molar-refractivity contribution in [3.05, 3.63) is 83.8 Å². The lowest BCUT2D eigenvalue weighted by Crippen LogP contribution is -2.46. The van der Waals surface area contributed by atoms with E-state index in [0.717, 1.165) is 22.7 Å². The Kier molecular flexibility index (Phi) is 7.41. The molecule has 164 valence electrons. The number of H-pyrrole nitrogens is 2. The van der Waals surface area contributed by atoms with Crippen molar-refractivity contribution in [2.45, 2.75) is 30.4 Å². The van der Waals surface area contributed by atoms with E-state index in [9.17, 15) is 9.59 Å². The molecule has 0 aliphatic carbocycles. The zero-order chi connectivity index (χ0) is 22.6. The summed E-state index contributed by atoms with van der Waals surface area (Å²) < 4.78 is 1.19. The lowest BCUT2D eigenvalue weighted by atomic mass is 9.87. The minimum absolute atomic E-state index is 0.0638. The molecule has 0 unspecified atom stereocenters. The lowest BCUT2D eigenvalue weighted by Gasteiger charge is -2.18. The van der Waals surface area contributed by atoms with Gasteiger partial charge < -0.3 is 14.9 Å². The maximum absolute atomic E-state index is 12.5. The van der Waals surface area contributed by atoms with E-state index in [1.165, 1.54) is 9.77 Å². The first-order valence-electron chi connectivity index (χ1n) is 10.2. The second kappa shape index (κ2) is 9.85. The normalized spacial score (nSPS) is 13.4. The molecule has 0 spiro atoms. The van der Waals surface area contributed by atoms with Gasteiger partial charge in [-0.3, -0.25) is 9.59 Å². The molecule has 31 heavy (non-hydrogen) atoms. The predicted octanol–water partition coefficient (Wildman–Crippen LogP) is 2.73. The van der Waals surface area contributed by atoms with Crippen molar-refractivity contribution in [2.75, 3.05) is 26.4 Å². The van der Waals surface area contributed by atoms with Crippen molar-refractivity contribution >= 4 is 35.3 Å². The Labute approximate surface area is 190 Å².